The second-order valence-corrected chi connectivity index (χ2v) is 8.87. The fraction of sp³-hybridized carbons (Fsp3) is 0.346. The molecule has 2 amide bonds. The molecule has 4 rings (SSSR count). The number of amides is 2. The predicted molar refractivity (Wildman–Crippen MR) is 133 cm³/mol. The highest BCUT2D eigenvalue weighted by Gasteiger charge is 2.32. The number of methoxy groups -OCH3 is 1. The van der Waals surface area contributed by atoms with Gasteiger partial charge in [-0.25, -0.2) is 4.39 Å². The van der Waals surface area contributed by atoms with E-state index in [0.29, 0.717) is 60.7 Å². The average Bonchev–Trinajstić information content (AvgIpc) is 3.12. The third-order valence-corrected chi connectivity index (χ3v) is 6.47. The molecule has 0 saturated carbocycles. The Kier molecular flexibility index (Phi) is 7.16. The van der Waals surface area contributed by atoms with E-state index in [4.69, 9.17) is 10.1 Å². The third kappa shape index (κ3) is 5.05. The molecule has 2 heterocycles. The number of carbonyl (C=O) groups is 2. The minimum absolute atomic E-state index is 0.0687. The van der Waals surface area contributed by atoms with Gasteiger partial charge in [0.15, 0.2) is 0 Å². The van der Waals surface area contributed by atoms with Crippen molar-refractivity contribution < 1.29 is 18.7 Å². The van der Waals surface area contributed by atoms with Crippen molar-refractivity contribution in [2.45, 2.75) is 6.92 Å². The Bertz CT molecular complexity index is 1270. The van der Waals surface area contributed by atoms with Crippen molar-refractivity contribution in [2.24, 2.45) is 13.0 Å². The number of ether oxygens (including phenoxy) is 1. The van der Waals surface area contributed by atoms with Crippen LogP contribution < -0.4 is 10.6 Å². The second kappa shape index (κ2) is 10.3. The van der Waals surface area contributed by atoms with Gasteiger partial charge >= 0.3 is 0 Å². The summed E-state index contributed by atoms with van der Waals surface area (Å²) in [6.07, 6.45) is 5.05. The molecule has 2 aromatic rings. The lowest BCUT2D eigenvalue weighted by Crippen LogP contribution is -2.53. The number of halogens is 1. The molecule has 0 atom stereocenters. The molecule has 184 valence electrons. The summed E-state index contributed by atoms with van der Waals surface area (Å²) in [4.78, 5) is 27.2. The Balaban J connectivity index is 1.33. The normalized spacial score (nSPS) is 17.3. The second-order valence-electron chi connectivity index (χ2n) is 8.87. The Morgan fingerprint density at radius 1 is 1.26 bits per heavy atom. The summed E-state index contributed by atoms with van der Waals surface area (Å²) in [6.45, 7) is 4.56. The minimum atomic E-state index is -0.322. The first-order chi connectivity index (χ1) is 16.8. The zero-order chi connectivity index (χ0) is 25.1. The molecule has 3 N–H and O–H groups in total. The molecule has 1 aromatic carbocycles. The number of hydrogen-bond acceptors (Lipinski definition) is 5. The van der Waals surface area contributed by atoms with Crippen LogP contribution >= 0.6 is 0 Å². The van der Waals surface area contributed by atoms with Crippen molar-refractivity contribution in [1.82, 2.24) is 20.1 Å². The number of aromatic nitrogens is 1. The topological polar surface area (TPSA) is 99.4 Å². The summed E-state index contributed by atoms with van der Waals surface area (Å²) in [6, 6.07) is 6.25. The van der Waals surface area contributed by atoms with Crippen LogP contribution in [0.2, 0.25) is 0 Å². The number of fused-ring (bicyclic) bond motifs is 1. The lowest BCUT2D eigenvalue weighted by molar-refractivity contribution is -0.117. The van der Waals surface area contributed by atoms with E-state index in [1.54, 1.807) is 47.1 Å². The summed E-state index contributed by atoms with van der Waals surface area (Å²) in [5, 5.41) is 15.0. The summed E-state index contributed by atoms with van der Waals surface area (Å²) >= 11 is 0. The van der Waals surface area contributed by atoms with Gasteiger partial charge in [-0.15, -0.1) is 0 Å². The number of carbonyl (C=O) groups excluding carboxylic acids is 2. The van der Waals surface area contributed by atoms with Gasteiger partial charge in [0.05, 0.1) is 12.3 Å². The van der Waals surface area contributed by atoms with E-state index in [-0.39, 0.29) is 23.5 Å². The van der Waals surface area contributed by atoms with Crippen LogP contribution in [0.4, 0.5) is 4.39 Å². The molecule has 9 heteroatoms. The van der Waals surface area contributed by atoms with Gasteiger partial charge in [0.25, 0.3) is 11.8 Å². The number of rotatable bonds is 8. The average molecular weight is 480 g/mol. The number of allylic oxidation sites excluding steroid dienone is 3. The number of likely N-dealkylation sites (tertiary alicyclic amines) is 1. The quantitative estimate of drug-likeness (QED) is 0.507. The van der Waals surface area contributed by atoms with E-state index < -0.39 is 0 Å². The standard InChI is InChI=1S/C26H30FN5O3/c1-16-20(25(33)30-8-9-35-3)5-6-22(28)21(16)13-29-12-17-14-32(15-17)26(34)24-11-18-10-19(27)4-7-23(18)31(24)2/h4-7,10-11,13,17,28-29H,8-9,12,14-15H2,1-3H3,(H,30,33)/b21-13-,28-22?. The number of hydrogen-bond donors (Lipinski definition) is 3. The molecule has 1 fully saturated rings. The Hall–Kier alpha value is -3.72. The summed E-state index contributed by atoms with van der Waals surface area (Å²) in [7, 11) is 3.39. The highest BCUT2D eigenvalue weighted by molar-refractivity contribution is 6.14. The van der Waals surface area contributed by atoms with Gasteiger partial charge in [0, 0.05) is 74.5 Å². The van der Waals surface area contributed by atoms with Gasteiger partial charge < -0.3 is 30.2 Å². The van der Waals surface area contributed by atoms with Crippen LogP contribution in [0, 0.1) is 17.1 Å². The smallest absolute Gasteiger partial charge is 0.270 e. The number of aryl methyl sites for hydroxylation is 1. The largest absolute Gasteiger partial charge is 0.390 e. The zero-order valence-electron chi connectivity index (χ0n) is 20.2. The number of nitrogens with zero attached hydrogens (tertiary/aromatic N) is 2. The molecule has 1 aliphatic carbocycles. The molecular weight excluding hydrogens is 449 g/mol. The molecular formula is C26H30FN5O3. The van der Waals surface area contributed by atoms with Crippen LogP contribution in [-0.4, -0.2) is 66.9 Å². The molecule has 2 aliphatic rings. The van der Waals surface area contributed by atoms with Crippen molar-refractivity contribution in [3.05, 3.63) is 70.8 Å². The summed E-state index contributed by atoms with van der Waals surface area (Å²) in [5.41, 5.74) is 3.62. The van der Waals surface area contributed by atoms with Gasteiger partial charge in [0.2, 0.25) is 0 Å². The number of benzene rings is 1. The molecule has 0 bridgehead atoms. The fourth-order valence-corrected chi connectivity index (χ4v) is 4.40. The van der Waals surface area contributed by atoms with Crippen molar-refractivity contribution in [2.75, 3.05) is 39.9 Å². The molecule has 0 spiro atoms. The van der Waals surface area contributed by atoms with Gasteiger partial charge in [-0.05, 0) is 48.9 Å². The maximum absolute atomic E-state index is 13.5. The van der Waals surface area contributed by atoms with E-state index in [0.717, 1.165) is 11.1 Å². The van der Waals surface area contributed by atoms with E-state index >= 15 is 0 Å². The Morgan fingerprint density at radius 2 is 2.03 bits per heavy atom. The monoisotopic (exact) mass is 479 g/mol. The third-order valence-electron chi connectivity index (χ3n) is 6.47. The van der Waals surface area contributed by atoms with Crippen LogP contribution in [0.5, 0.6) is 0 Å². The molecule has 1 aliphatic heterocycles. The highest BCUT2D eigenvalue weighted by atomic mass is 19.1. The van der Waals surface area contributed by atoms with Crippen molar-refractivity contribution in [3.8, 4) is 0 Å². The highest BCUT2D eigenvalue weighted by Crippen LogP contribution is 2.25. The number of nitrogens with one attached hydrogen (secondary N) is 3. The van der Waals surface area contributed by atoms with Crippen LogP contribution in [0.15, 0.2) is 59.3 Å². The molecule has 0 unspecified atom stereocenters. The van der Waals surface area contributed by atoms with Crippen LogP contribution in [0.3, 0.4) is 0 Å². The van der Waals surface area contributed by atoms with Crippen molar-refractivity contribution >= 4 is 28.4 Å². The van der Waals surface area contributed by atoms with E-state index in [9.17, 15) is 14.0 Å². The molecule has 0 radical (unpaired) electrons. The van der Waals surface area contributed by atoms with Crippen molar-refractivity contribution in [3.63, 3.8) is 0 Å². The molecule has 1 aromatic heterocycles. The minimum Gasteiger partial charge on any atom is -0.390 e. The first-order valence-electron chi connectivity index (χ1n) is 11.5. The SMILES string of the molecule is COCCNC(=O)C1=C(C)/C(=C/NCC2CN(C(=O)c3cc4cc(F)ccc4n3C)C2)C(=N)C=C1. The maximum Gasteiger partial charge on any atom is 0.270 e. The molecule has 1 saturated heterocycles. The van der Waals surface area contributed by atoms with E-state index in [2.05, 4.69) is 10.6 Å². The van der Waals surface area contributed by atoms with Gasteiger partial charge in [-0.3, -0.25) is 9.59 Å². The Labute approximate surface area is 203 Å². The maximum atomic E-state index is 13.5. The van der Waals surface area contributed by atoms with E-state index in [1.165, 1.54) is 12.1 Å². The van der Waals surface area contributed by atoms with Crippen LogP contribution in [0.25, 0.3) is 10.9 Å². The van der Waals surface area contributed by atoms with E-state index in [1.807, 2.05) is 14.0 Å². The lowest BCUT2D eigenvalue weighted by Gasteiger charge is -2.39. The van der Waals surface area contributed by atoms with Gasteiger partial charge in [-0.1, -0.05) is 0 Å². The first-order valence-corrected chi connectivity index (χ1v) is 11.5. The zero-order valence-corrected chi connectivity index (χ0v) is 20.2. The van der Waals surface area contributed by atoms with Crippen LogP contribution in [0.1, 0.15) is 17.4 Å². The predicted octanol–water partition coefficient (Wildman–Crippen LogP) is 2.53. The molecule has 8 nitrogen and oxygen atoms in total. The van der Waals surface area contributed by atoms with Gasteiger partial charge in [0.1, 0.15) is 11.5 Å². The van der Waals surface area contributed by atoms with Gasteiger partial charge in [-0.2, -0.15) is 0 Å². The van der Waals surface area contributed by atoms with Crippen LogP contribution in [-0.2, 0) is 16.6 Å². The lowest BCUT2D eigenvalue weighted by atomic mass is 9.92. The first kappa shape index (κ1) is 24.4. The summed E-state index contributed by atoms with van der Waals surface area (Å²) < 4.78 is 20.3. The van der Waals surface area contributed by atoms with Crippen molar-refractivity contribution in [1.29, 1.82) is 5.41 Å². The summed E-state index contributed by atoms with van der Waals surface area (Å²) in [5.74, 6) is -0.312. The Morgan fingerprint density at radius 3 is 2.77 bits per heavy atom. The fourth-order valence-electron chi connectivity index (χ4n) is 4.40. The molecule has 35 heavy (non-hydrogen) atoms.